The van der Waals surface area contributed by atoms with Gasteiger partial charge in [0.25, 0.3) is 0 Å². The van der Waals surface area contributed by atoms with E-state index in [4.69, 9.17) is 0 Å². The van der Waals surface area contributed by atoms with Gasteiger partial charge in [-0.2, -0.15) is 26.3 Å². The summed E-state index contributed by atoms with van der Waals surface area (Å²) in [4.78, 5) is 27.5. The maximum atomic E-state index is 13.4. The maximum Gasteiger partial charge on any atom is 0.416 e. The van der Waals surface area contributed by atoms with E-state index in [2.05, 4.69) is 15.9 Å². The third kappa shape index (κ3) is 6.39. The number of anilines is 1. The molecule has 5 nitrogen and oxygen atoms in total. The van der Waals surface area contributed by atoms with Gasteiger partial charge in [0.05, 0.1) is 22.9 Å². The van der Waals surface area contributed by atoms with Gasteiger partial charge in [0.15, 0.2) is 0 Å². The Morgan fingerprint density at radius 3 is 2.05 bits per heavy atom. The molecule has 202 valence electrons. The number of alkyl halides is 6. The molecule has 0 aliphatic carbocycles. The smallest absolute Gasteiger partial charge is 0.416 e. The number of carboxylic acid groups (broad SMARTS) is 1. The Morgan fingerprint density at radius 1 is 1.03 bits per heavy atom. The van der Waals surface area contributed by atoms with Crippen LogP contribution < -0.4 is 4.90 Å². The Balaban J connectivity index is 2.15. The fourth-order valence-corrected chi connectivity index (χ4v) is 5.10. The highest BCUT2D eigenvalue weighted by Gasteiger charge is 2.39. The summed E-state index contributed by atoms with van der Waals surface area (Å²) >= 11 is 3.33. The van der Waals surface area contributed by atoms with Crippen molar-refractivity contribution in [2.24, 2.45) is 5.92 Å². The van der Waals surface area contributed by atoms with Crippen molar-refractivity contribution < 1.29 is 41.0 Å². The molecule has 0 saturated heterocycles. The van der Waals surface area contributed by atoms with Crippen LogP contribution in [0.3, 0.4) is 0 Å². The normalized spacial score (nSPS) is 18.4. The second kappa shape index (κ2) is 10.5. The molecule has 0 spiro atoms. The lowest BCUT2D eigenvalue weighted by Gasteiger charge is -2.33. The van der Waals surface area contributed by atoms with Crippen LogP contribution in [-0.2, 0) is 23.7 Å². The number of carbonyl (C=O) groups is 2. The molecule has 0 bridgehead atoms. The van der Waals surface area contributed by atoms with Gasteiger partial charge in [-0.3, -0.25) is 9.69 Å². The summed E-state index contributed by atoms with van der Waals surface area (Å²) in [5.74, 6) is -0.681. The maximum absolute atomic E-state index is 13.4. The molecule has 2 unspecified atom stereocenters. The molecule has 1 N–H and O–H groups in total. The second-order valence-corrected chi connectivity index (χ2v) is 10.2. The van der Waals surface area contributed by atoms with Crippen LogP contribution in [0.5, 0.6) is 0 Å². The second-order valence-electron chi connectivity index (χ2n) is 9.32. The fourth-order valence-electron chi connectivity index (χ4n) is 4.75. The summed E-state index contributed by atoms with van der Waals surface area (Å²) in [5, 5.41) is 10.0. The van der Waals surface area contributed by atoms with Gasteiger partial charge in [0.1, 0.15) is 0 Å². The summed E-state index contributed by atoms with van der Waals surface area (Å²) in [7, 11) is 0. The zero-order chi connectivity index (χ0) is 27.9. The van der Waals surface area contributed by atoms with E-state index in [0.717, 1.165) is 0 Å². The van der Waals surface area contributed by atoms with Crippen LogP contribution in [0.4, 0.5) is 36.8 Å². The van der Waals surface area contributed by atoms with Crippen molar-refractivity contribution in [1.82, 2.24) is 4.90 Å². The van der Waals surface area contributed by atoms with Gasteiger partial charge >= 0.3 is 18.4 Å². The standard InChI is InChI=1S/C25H25BrF6N2O3/c1-13(2)20-6-7-21(19-5-4-18(26)11-22(19)34(20)23(36)37)33(14(3)35)12-15-8-16(24(27,28)29)10-17(9-15)25(30,31)32/h4-5,8-11,13,20-21H,6-7,12H2,1-3H3,(H,36,37). The number of fused-ring (bicyclic) bond motifs is 1. The van der Waals surface area contributed by atoms with Gasteiger partial charge < -0.3 is 10.0 Å². The van der Waals surface area contributed by atoms with Crippen molar-refractivity contribution in [2.45, 2.75) is 64.6 Å². The van der Waals surface area contributed by atoms with Crippen LogP contribution in [0.1, 0.15) is 61.9 Å². The molecule has 0 aromatic heterocycles. The van der Waals surface area contributed by atoms with Gasteiger partial charge in [0.2, 0.25) is 5.91 Å². The van der Waals surface area contributed by atoms with E-state index in [1.54, 1.807) is 18.2 Å². The minimum Gasteiger partial charge on any atom is -0.465 e. The number of hydrogen-bond donors (Lipinski definition) is 1. The van der Waals surface area contributed by atoms with Crippen molar-refractivity contribution in [1.29, 1.82) is 0 Å². The Morgan fingerprint density at radius 2 is 1.59 bits per heavy atom. The molecule has 2 amide bonds. The largest absolute Gasteiger partial charge is 0.465 e. The highest BCUT2D eigenvalue weighted by atomic mass is 79.9. The summed E-state index contributed by atoms with van der Waals surface area (Å²) in [6.07, 6.45) is -10.7. The molecule has 0 radical (unpaired) electrons. The van der Waals surface area contributed by atoms with E-state index in [0.29, 0.717) is 34.3 Å². The lowest BCUT2D eigenvalue weighted by atomic mass is 9.95. The molecular formula is C25H25BrF6N2O3. The molecule has 3 rings (SSSR count). The van der Waals surface area contributed by atoms with E-state index >= 15 is 0 Å². The third-order valence-electron chi connectivity index (χ3n) is 6.44. The molecule has 12 heteroatoms. The van der Waals surface area contributed by atoms with E-state index in [9.17, 15) is 41.0 Å². The van der Waals surface area contributed by atoms with Gasteiger partial charge in [-0.1, -0.05) is 35.8 Å². The molecule has 2 atom stereocenters. The highest BCUT2D eigenvalue weighted by molar-refractivity contribution is 9.10. The summed E-state index contributed by atoms with van der Waals surface area (Å²) < 4.78 is 81.0. The molecule has 0 saturated carbocycles. The summed E-state index contributed by atoms with van der Waals surface area (Å²) in [5.41, 5.74) is -2.54. The molecule has 1 aliphatic rings. The van der Waals surface area contributed by atoms with Crippen LogP contribution in [-0.4, -0.2) is 28.0 Å². The number of halogens is 7. The number of rotatable bonds is 4. The van der Waals surface area contributed by atoms with Crippen LogP contribution in [0.25, 0.3) is 0 Å². The van der Waals surface area contributed by atoms with Crippen molar-refractivity contribution in [3.05, 3.63) is 63.1 Å². The van der Waals surface area contributed by atoms with Crippen molar-refractivity contribution in [3.63, 3.8) is 0 Å². The zero-order valence-electron chi connectivity index (χ0n) is 20.1. The number of benzene rings is 2. The molecule has 1 heterocycles. The van der Waals surface area contributed by atoms with Crippen LogP contribution in [0.2, 0.25) is 0 Å². The van der Waals surface area contributed by atoms with Crippen molar-refractivity contribution in [3.8, 4) is 0 Å². The van der Waals surface area contributed by atoms with Crippen molar-refractivity contribution >= 4 is 33.6 Å². The Labute approximate surface area is 218 Å². The average molecular weight is 595 g/mol. The number of hydrogen-bond acceptors (Lipinski definition) is 2. The first-order valence-electron chi connectivity index (χ1n) is 11.4. The monoisotopic (exact) mass is 594 g/mol. The molecule has 37 heavy (non-hydrogen) atoms. The predicted octanol–water partition coefficient (Wildman–Crippen LogP) is 7.88. The Bertz CT molecular complexity index is 1150. The van der Waals surface area contributed by atoms with Gasteiger partial charge in [-0.05, 0) is 60.2 Å². The lowest BCUT2D eigenvalue weighted by Crippen LogP contribution is -2.42. The number of nitrogens with zero attached hydrogens (tertiary/aromatic N) is 2. The topological polar surface area (TPSA) is 60.9 Å². The van der Waals surface area contributed by atoms with E-state index in [1.165, 1.54) is 16.7 Å². The molecule has 0 fully saturated rings. The number of amides is 2. The molecule has 2 aromatic rings. The first kappa shape index (κ1) is 28.8. The first-order valence-corrected chi connectivity index (χ1v) is 12.2. The summed E-state index contributed by atoms with van der Waals surface area (Å²) in [6.45, 7) is 4.35. The minimum absolute atomic E-state index is 0.0397. The zero-order valence-corrected chi connectivity index (χ0v) is 21.7. The Hall–Kier alpha value is -2.76. The first-order chi connectivity index (χ1) is 17.0. The number of carbonyl (C=O) groups excluding carboxylic acids is 1. The van der Waals surface area contributed by atoms with Crippen LogP contribution >= 0.6 is 15.9 Å². The predicted molar refractivity (Wildman–Crippen MR) is 128 cm³/mol. The van der Waals surface area contributed by atoms with E-state index < -0.39 is 54.1 Å². The van der Waals surface area contributed by atoms with Gasteiger partial charge in [-0.15, -0.1) is 0 Å². The molecule has 1 aliphatic heterocycles. The lowest BCUT2D eigenvalue weighted by molar-refractivity contribution is -0.143. The quantitative estimate of drug-likeness (QED) is 0.366. The van der Waals surface area contributed by atoms with Gasteiger partial charge in [0, 0.05) is 24.0 Å². The van der Waals surface area contributed by atoms with Crippen molar-refractivity contribution in [2.75, 3.05) is 4.90 Å². The third-order valence-corrected chi connectivity index (χ3v) is 6.93. The molecule has 2 aromatic carbocycles. The fraction of sp³-hybridized carbons (Fsp3) is 0.440. The summed E-state index contributed by atoms with van der Waals surface area (Å²) in [6, 6.07) is 4.84. The van der Waals surface area contributed by atoms with Gasteiger partial charge in [-0.25, -0.2) is 4.79 Å². The van der Waals surface area contributed by atoms with E-state index in [-0.39, 0.29) is 24.0 Å². The minimum atomic E-state index is -5.02. The average Bonchev–Trinajstić information content (AvgIpc) is 2.92. The Kier molecular flexibility index (Phi) is 8.21. The highest BCUT2D eigenvalue weighted by Crippen LogP contribution is 2.43. The van der Waals surface area contributed by atoms with Crippen LogP contribution in [0.15, 0.2) is 40.9 Å². The van der Waals surface area contributed by atoms with E-state index in [1.807, 2.05) is 13.8 Å². The molecular weight excluding hydrogens is 570 g/mol. The SMILES string of the molecule is CC(=O)N(Cc1cc(C(F)(F)F)cc(C(F)(F)F)c1)C1CCC(C(C)C)N(C(=O)O)c2cc(Br)ccc21. The van der Waals surface area contributed by atoms with Crippen LogP contribution in [0, 0.1) is 5.92 Å².